The first-order chi connectivity index (χ1) is 6.02. The van der Waals surface area contributed by atoms with E-state index in [0.717, 1.165) is 0 Å². The second-order valence-corrected chi connectivity index (χ2v) is 4.25. The third-order valence-electron chi connectivity index (χ3n) is 1.59. The molecule has 1 unspecified atom stereocenters. The molecule has 13 heavy (non-hydrogen) atoms. The van der Waals surface area contributed by atoms with Gasteiger partial charge in [0.05, 0.1) is 0 Å². The van der Waals surface area contributed by atoms with E-state index in [1.54, 1.807) is 12.1 Å². The fourth-order valence-corrected chi connectivity index (χ4v) is 1.38. The molecule has 0 saturated heterocycles. The quantitative estimate of drug-likeness (QED) is 0.605. The molecule has 0 spiro atoms. The van der Waals surface area contributed by atoms with Gasteiger partial charge in [0, 0.05) is 3.57 Å². The van der Waals surface area contributed by atoms with E-state index in [1.807, 2.05) is 22.6 Å². The van der Waals surface area contributed by atoms with Gasteiger partial charge in [0.15, 0.2) is 5.78 Å². The third-order valence-corrected chi connectivity index (χ3v) is 3.03. The number of Topliss-reactive ketones (excluding diaryl/α,β-unsaturated/α-hetero) is 1. The minimum absolute atomic E-state index is 0.178. The van der Waals surface area contributed by atoms with Crippen LogP contribution in [-0.2, 0) is 4.79 Å². The Morgan fingerprint density at radius 3 is 2.69 bits per heavy atom. The monoisotopic (exact) mass is 312 g/mol. The molecule has 0 aliphatic rings. The zero-order chi connectivity index (χ0) is 10.0. The Morgan fingerprint density at radius 2 is 2.23 bits per heavy atom. The van der Waals surface area contributed by atoms with Crippen molar-refractivity contribution in [1.29, 1.82) is 0 Å². The Kier molecular flexibility index (Phi) is 3.67. The predicted molar refractivity (Wildman–Crippen MR) is 58.4 cm³/mol. The van der Waals surface area contributed by atoms with Crippen molar-refractivity contribution in [3.63, 3.8) is 0 Å². The molecule has 1 atom stereocenters. The Bertz CT molecular complexity index is 340. The molecule has 0 radical (unpaired) electrons. The first kappa shape index (κ1) is 10.9. The fraction of sp³-hybridized carbons (Fsp3) is 0.222. The lowest BCUT2D eigenvalue weighted by Crippen LogP contribution is -2.02. The maximum Gasteiger partial charge on any atom is 0.152 e. The van der Waals surface area contributed by atoms with Gasteiger partial charge in [0.1, 0.15) is 11.2 Å². The topological polar surface area (TPSA) is 17.1 Å². The number of alkyl halides is 1. The van der Waals surface area contributed by atoms with Crippen LogP contribution in [0.2, 0.25) is 0 Å². The van der Waals surface area contributed by atoms with Gasteiger partial charge < -0.3 is 0 Å². The first-order valence-corrected chi connectivity index (χ1v) is 5.13. The van der Waals surface area contributed by atoms with E-state index in [0.29, 0.717) is 9.13 Å². The number of ketones is 1. The number of benzene rings is 1. The average Bonchev–Trinajstić information content (AvgIpc) is 2.08. The Hall–Kier alpha value is -0.160. The lowest BCUT2D eigenvalue weighted by Gasteiger charge is -2.05. The van der Waals surface area contributed by atoms with Crippen LogP contribution in [0.1, 0.15) is 17.9 Å². The highest BCUT2D eigenvalue weighted by atomic mass is 127. The van der Waals surface area contributed by atoms with Crippen LogP contribution in [0.25, 0.3) is 0 Å². The number of carbonyl (C=O) groups is 1. The lowest BCUT2D eigenvalue weighted by molar-refractivity contribution is -0.116. The van der Waals surface area contributed by atoms with E-state index in [2.05, 4.69) is 0 Å². The number of carbonyl (C=O) groups excluding carboxylic acids is 1. The maximum atomic E-state index is 13.0. The summed E-state index contributed by atoms with van der Waals surface area (Å²) in [4.78, 5) is 10.9. The molecule has 0 aliphatic heterocycles. The number of hydrogen-bond acceptors (Lipinski definition) is 1. The van der Waals surface area contributed by atoms with Gasteiger partial charge in [0.25, 0.3) is 0 Å². The van der Waals surface area contributed by atoms with E-state index in [4.69, 9.17) is 11.6 Å². The number of hydrogen-bond donors (Lipinski definition) is 0. The van der Waals surface area contributed by atoms with Crippen LogP contribution < -0.4 is 0 Å². The van der Waals surface area contributed by atoms with E-state index in [-0.39, 0.29) is 11.6 Å². The van der Waals surface area contributed by atoms with Crippen LogP contribution >= 0.6 is 34.2 Å². The molecular weight excluding hydrogens is 305 g/mol. The van der Waals surface area contributed by atoms with E-state index in [9.17, 15) is 9.18 Å². The van der Waals surface area contributed by atoms with Crippen LogP contribution in [-0.4, -0.2) is 5.78 Å². The third kappa shape index (κ3) is 2.64. The largest absolute Gasteiger partial charge is 0.298 e. The van der Waals surface area contributed by atoms with Crippen molar-refractivity contribution in [3.8, 4) is 0 Å². The van der Waals surface area contributed by atoms with Crippen LogP contribution in [0, 0.1) is 9.39 Å². The van der Waals surface area contributed by atoms with Gasteiger partial charge in [-0.2, -0.15) is 0 Å². The summed E-state index contributed by atoms with van der Waals surface area (Å²) in [5.74, 6) is -0.521. The Morgan fingerprint density at radius 1 is 1.62 bits per heavy atom. The fourth-order valence-electron chi connectivity index (χ4n) is 0.905. The van der Waals surface area contributed by atoms with Crippen molar-refractivity contribution in [3.05, 3.63) is 33.1 Å². The molecule has 0 saturated carbocycles. The van der Waals surface area contributed by atoms with Crippen molar-refractivity contribution >= 4 is 40.0 Å². The molecule has 1 aromatic carbocycles. The second-order valence-electron chi connectivity index (χ2n) is 2.65. The summed E-state index contributed by atoms with van der Waals surface area (Å²) in [7, 11) is 0. The Balaban J connectivity index is 3.03. The number of halogens is 3. The SMILES string of the molecule is CC(=O)C(Cl)c1ccc(I)c(F)c1. The normalized spacial score (nSPS) is 12.6. The molecule has 0 aromatic heterocycles. The summed E-state index contributed by atoms with van der Waals surface area (Å²) < 4.78 is 13.5. The zero-order valence-electron chi connectivity index (χ0n) is 6.85. The number of rotatable bonds is 2. The molecular formula is C9H7ClFIO. The van der Waals surface area contributed by atoms with Crippen molar-refractivity contribution in [2.45, 2.75) is 12.3 Å². The summed E-state index contributed by atoms with van der Waals surface area (Å²) in [6.45, 7) is 1.38. The Labute approximate surface area is 94.4 Å². The van der Waals surface area contributed by atoms with Gasteiger partial charge >= 0.3 is 0 Å². The van der Waals surface area contributed by atoms with Crippen LogP contribution in [0.5, 0.6) is 0 Å². The lowest BCUT2D eigenvalue weighted by atomic mass is 10.1. The molecule has 1 nitrogen and oxygen atoms in total. The zero-order valence-corrected chi connectivity index (χ0v) is 9.76. The average molecular weight is 313 g/mol. The highest BCUT2D eigenvalue weighted by Crippen LogP contribution is 2.23. The minimum Gasteiger partial charge on any atom is -0.298 e. The van der Waals surface area contributed by atoms with Gasteiger partial charge in [-0.25, -0.2) is 4.39 Å². The second kappa shape index (κ2) is 4.37. The molecule has 0 heterocycles. The molecule has 0 bridgehead atoms. The van der Waals surface area contributed by atoms with Crippen molar-refractivity contribution in [1.82, 2.24) is 0 Å². The summed E-state index contributed by atoms with van der Waals surface area (Å²) in [5, 5.41) is -0.744. The maximum absolute atomic E-state index is 13.0. The van der Waals surface area contributed by atoms with Gasteiger partial charge in [-0.05, 0) is 47.2 Å². The van der Waals surface area contributed by atoms with Crippen molar-refractivity contribution in [2.75, 3.05) is 0 Å². The predicted octanol–water partition coefficient (Wildman–Crippen LogP) is 3.30. The first-order valence-electron chi connectivity index (χ1n) is 3.62. The minimum atomic E-state index is -0.744. The molecule has 0 amide bonds. The van der Waals surface area contributed by atoms with Crippen molar-refractivity contribution in [2.24, 2.45) is 0 Å². The molecule has 0 N–H and O–H groups in total. The van der Waals surface area contributed by atoms with Gasteiger partial charge in [-0.1, -0.05) is 6.07 Å². The van der Waals surface area contributed by atoms with E-state index >= 15 is 0 Å². The highest BCUT2D eigenvalue weighted by Gasteiger charge is 2.14. The molecule has 70 valence electrons. The molecule has 0 aliphatic carbocycles. The van der Waals surface area contributed by atoms with Crippen LogP contribution in [0.4, 0.5) is 4.39 Å². The summed E-state index contributed by atoms with van der Waals surface area (Å²) >= 11 is 7.63. The standard InChI is InChI=1S/C9H7ClFIO/c1-5(13)9(10)6-2-3-8(12)7(11)4-6/h2-4,9H,1H3. The summed E-state index contributed by atoms with van der Waals surface area (Å²) in [5.41, 5.74) is 0.507. The van der Waals surface area contributed by atoms with Crippen LogP contribution in [0.3, 0.4) is 0 Å². The van der Waals surface area contributed by atoms with Crippen LogP contribution in [0.15, 0.2) is 18.2 Å². The van der Waals surface area contributed by atoms with Crippen molar-refractivity contribution < 1.29 is 9.18 Å². The van der Waals surface area contributed by atoms with Gasteiger partial charge in [-0.3, -0.25) is 4.79 Å². The molecule has 0 fully saturated rings. The molecule has 1 rings (SSSR count). The molecule has 4 heteroatoms. The highest BCUT2D eigenvalue weighted by molar-refractivity contribution is 14.1. The van der Waals surface area contributed by atoms with Gasteiger partial charge in [0.2, 0.25) is 0 Å². The summed E-state index contributed by atoms with van der Waals surface area (Å²) in [6.07, 6.45) is 0. The summed E-state index contributed by atoms with van der Waals surface area (Å²) in [6, 6.07) is 4.55. The smallest absolute Gasteiger partial charge is 0.152 e. The van der Waals surface area contributed by atoms with Gasteiger partial charge in [-0.15, -0.1) is 11.6 Å². The molecule has 1 aromatic rings. The van der Waals surface area contributed by atoms with E-state index in [1.165, 1.54) is 13.0 Å². The van der Waals surface area contributed by atoms with E-state index < -0.39 is 5.38 Å².